The van der Waals surface area contributed by atoms with Gasteiger partial charge < -0.3 is 4.74 Å². The Morgan fingerprint density at radius 1 is 1.05 bits per heavy atom. The molecule has 0 radical (unpaired) electrons. The zero-order valence-corrected chi connectivity index (χ0v) is 11.5. The van der Waals surface area contributed by atoms with Gasteiger partial charge in [0, 0.05) is 16.2 Å². The van der Waals surface area contributed by atoms with Crippen molar-refractivity contribution in [3.05, 3.63) is 59.2 Å². The van der Waals surface area contributed by atoms with E-state index in [0.29, 0.717) is 6.42 Å². The molecule has 1 aliphatic rings. The second-order valence-corrected chi connectivity index (χ2v) is 6.00. The van der Waals surface area contributed by atoms with Crippen LogP contribution in [0.5, 0.6) is 5.75 Å². The van der Waals surface area contributed by atoms with Crippen LogP contribution in [0.25, 0.3) is 0 Å². The molecule has 0 aromatic heterocycles. The molecular formula is C15H10F4OS. The minimum Gasteiger partial charge on any atom is -0.486 e. The Kier molecular flexibility index (Phi) is 3.80. The zero-order valence-electron chi connectivity index (χ0n) is 10.7. The first-order chi connectivity index (χ1) is 10.1. The Bertz CT molecular complexity index is 638. The lowest BCUT2D eigenvalue weighted by Gasteiger charge is -2.12. The molecule has 3 rings (SSSR count). The lowest BCUT2D eigenvalue weighted by atomic mass is 10.1. The molecule has 21 heavy (non-hydrogen) atoms. The number of fused-ring (bicyclic) bond motifs is 1. The highest BCUT2D eigenvalue weighted by atomic mass is 32.2. The number of rotatable bonds is 3. The summed E-state index contributed by atoms with van der Waals surface area (Å²) in [5.74, 6) is -6.94. The maximum atomic E-state index is 13.5. The first kappa shape index (κ1) is 14.3. The lowest BCUT2D eigenvalue weighted by molar-refractivity contribution is 0.272. The normalized spacial score (nSPS) is 16.9. The van der Waals surface area contributed by atoms with Crippen LogP contribution in [0, 0.1) is 23.3 Å². The van der Waals surface area contributed by atoms with Gasteiger partial charge in [0.1, 0.15) is 6.61 Å². The van der Waals surface area contributed by atoms with Gasteiger partial charge >= 0.3 is 0 Å². The van der Waals surface area contributed by atoms with E-state index in [1.54, 1.807) is 0 Å². The molecule has 2 aromatic rings. The third-order valence-electron chi connectivity index (χ3n) is 3.20. The largest absolute Gasteiger partial charge is 0.486 e. The van der Waals surface area contributed by atoms with E-state index in [2.05, 4.69) is 0 Å². The van der Waals surface area contributed by atoms with Gasteiger partial charge in [0.05, 0.1) is 0 Å². The van der Waals surface area contributed by atoms with Gasteiger partial charge in [0.25, 0.3) is 0 Å². The summed E-state index contributed by atoms with van der Waals surface area (Å²) < 4.78 is 58.1. The molecule has 6 heteroatoms. The lowest BCUT2D eigenvalue weighted by Crippen LogP contribution is -2.15. The SMILES string of the molecule is Fc1cc(F)c(F)c(OCC2Cc3ccccc3S2)c1F. The summed E-state index contributed by atoms with van der Waals surface area (Å²) in [5, 5.41) is -0.0486. The van der Waals surface area contributed by atoms with Crippen LogP contribution in [-0.4, -0.2) is 11.9 Å². The number of hydrogen-bond acceptors (Lipinski definition) is 2. The van der Waals surface area contributed by atoms with Gasteiger partial charge in [-0.05, 0) is 18.1 Å². The Balaban J connectivity index is 1.73. The molecule has 0 spiro atoms. The van der Waals surface area contributed by atoms with Gasteiger partial charge in [-0.15, -0.1) is 11.8 Å². The molecule has 1 nitrogen and oxygen atoms in total. The Morgan fingerprint density at radius 2 is 1.71 bits per heavy atom. The van der Waals surface area contributed by atoms with Crippen molar-refractivity contribution in [2.24, 2.45) is 0 Å². The second-order valence-electron chi connectivity index (χ2n) is 4.66. The Hall–Kier alpha value is -1.69. The van der Waals surface area contributed by atoms with E-state index in [-0.39, 0.29) is 17.9 Å². The van der Waals surface area contributed by atoms with Crippen LogP contribution in [0.4, 0.5) is 17.6 Å². The van der Waals surface area contributed by atoms with Gasteiger partial charge in [-0.25, -0.2) is 8.78 Å². The summed E-state index contributed by atoms with van der Waals surface area (Å²) in [6, 6.07) is 7.88. The standard InChI is InChI=1S/C15H10F4OS/c16-10-6-11(17)14(19)15(13(10)18)20-7-9-5-8-3-1-2-4-12(8)21-9/h1-4,6,9H,5,7H2. The van der Waals surface area contributed by atoms with Crippen LogP contribution in [0.2, 0.25) is 0 Å². The molecule has 0 saturated carbocycles. The molecule has 0 bridgehead atoms. The van der Waals surface area contributed by atoms with Crippen molar-refractivity contribution in [1.29, 1.82) is 0 Å². The van der Waals surface area contributed by atoms with Crippen molar-refractivity contribution in [3.63, 3.8) is 0 Å². The summed E-state index contributed by atoms with van der Waals surface area (Å²) in [4.78, 5) is 1.08. The van der Waals surface area contributed by atoms with Crippen LogP contribution in [-0.2, 0) is 6.42 Å². The Morgan fingerprint density at radius 3 is 2.38 bits per heavy atom. The molecule has 1 aliphatic heterocycles. The summed E-state index contributed by atoms with van der Waals surface area (Å²) in [7, 11) is 0. The summed E-state index contributed by atoms with van der Waals surface area (Å²) in [5.41, 5.74) is 1.13. The molecule has 1 atom stereocenters. The molecule has 1 unspecified atom stereocenters. The maximum absolute atomic E-state index is 13.5. The molecule has 2 aromatic carbocycles. The maximum Gasteiger partial charge on any atom is 0.203 e. The van der Waals surface area contributed by atoms with E-state index in [0.717, 1.165) is 10.5 Å². The topological polar surface area (TPSA) is 9.23 Å². The number of ether oxygens (including phenoxy) is 1. The highest BCUT2D eigenvalue weighted by Gasteiger charge is 2.25. The highest BCUT2D eigenvalue weighted by molar-refractivity contribution is 8.00. The molecule has 0 N–H and O–H groups in total. The predicted octanol–water partition coefficient (Wildman–Crippen LogP) is 4.34. The average Bonchev–Trinajstić information content (AvgIpc) is 2.88. The third kappa shape index (κ3) is 2.72. The van der Waals surface area contributed by atoms with Crippen molar-refractivity contribution in [2.45, 2.75) is 16.6 Å². The number of hydrogen-bond donors (Lipinski definition) is 0. The first-order valence-electron chi connectivity index (χ1n) is 6.26. The van der Waals surface area contributed by atoms with Gasteiger partial charge in [-0.2, -0.15) is 8.78 Å². The zero-order chi connectivity index (χ0) is 15.0. The van der Waals surface area contributed by atoms with Crippen molar-refractivity contribution < 1.29 is 22.3 Å². The predicted molar refractivity (Wildman–Crippen MR) is 71.6 cm³/mol. The van der Waals surface area contributed by atoms with Gasteiger partial charge in [-0.1, -0.05) is 18.2 Å². The Labute approximate surface area is 122 Å². The van der Waals surface area contributed by atoms with Crippen molar-refractivity contribution in [2.75, 3.05) is 6.61 Å². The van der Waals surface area contributed by atoms with Crippen LogP contribution in [0.3, 0.4) is 0 Å². The van der Waals surface area contributed by atoms with Crippen LogP contribution in [0.1, 0.15) is 5.56 Å². The summed E-state index contributed by atoms with van der Waals surface area (Å²) >= 11 is 1.52. The number of halogens is 4. The fourth-order valence-corrected chi connectivity index (χ4v) is 3.42. The van der Waals surface area contributed by atoms with Gasteiger partial charge in [0.2, 0.25) is 11.6 Å². The fourth-order valence-electron chi connectivity index (χ4n) is 2.20. The fraction of sp³-hybridized carbons (Fsp3) is 0.200. The molecule has 0 fully saturated rings. The molecule has 0 saturated heterocycles. The number of thioether (sulfide) groups is 1. The van der Waals surface area contributed by atoms with Crippen molar-refractivity contribution in [1.82, 2.24) is 0 Å². The van der Waals surface area contributed by atoms with Crippen LogP contribution < -0.4 is 4.74 Å². The minimum atomic E-state index is -1.51. The highest BCUT2D eigenvalue weighted by Crippen LogP contribution is 2.37. The quantitative estimate of drug-likeness (QED) is 0.616. The van der Waals surface area contributed by atoms with E-state index in [9.17, 15) is 17.6 Å². The van der Waals surface area contributed by atoms with E-state index in [1.165, 1.54) is 11.8 Å². The molecule has 0 amide bonds. The first-order valence-corrected chi connectivity index (χ1v) is 7.14. The van der Waals surface area contributed by atoms with E-state index in [4.69, 9.17) is 4.74 Å². The van der Waals surface area contributed by atoms with Crippen molar-refractivity contribution in [3.8, 4) is 5.75 Å². The monoisotopic (exact) mass is 314 g/mol. The summed E-state index contributed by atoms with van der Waals surface area (Å²) in [6.07, 6.45) is 0.682. The molecule has 0 aliphatic carbocycles. The second kappa shape index (κ2) is 5.60. The van der Waals surface area contributed by atoms with Gasteiger partial charge in [0.15, 0.2) is 17.4 Å². The molecular weight excluding hydrogens is 304 g/mol. The molecule has 110 valence electrons. The number of benzene rings is 2. The summed E-state index contributed by atoms with van der Waals surface area (Å²) in [6.45, 7) is -0.0317. The van der Waals surface area contributed by atoms with Crippen LogP contribution in [0.15, 0.2) is 35.2 Å². The van der Waals surface area contributed by atoms with Crippen LogP contribution >= 0.6 is 11.8 Å². The smallest absolute Gasteiger partial charge is 0.203 e. The minimum absolute atomic E-state index is 0.0317. The average molecular weight is 314 g/mol. The third-order valence-corrected chi connectivity index (χ3v) is 4.49. The van der Waals surface area contributed by atoms with E-state index >= 15 is 0 Å². The van der Waals surface area contributed by atoms with E-state index < -0.39 is 29.0 Å². The van der Waals surface area contributed by atoms with Crippen molar-refractivity contribution >= 4 is 11.8 Å². The molecule has 1 heterocycles. The van der Waals surface area contributed by atoms with E-state index in [1.807, 2.05) is 24.3 Å². The van der Waals surface area contributed by atoms with Gasteiger partial charge in [-0.3, -0.25) is 0 Å².